The van der Waals surface area contributed by atoms with E-state index in [4.69, 9.17) is 11.7 Å². The summed E-state index contributed by atoms with van der Waals surface area (Å²) >= 11 is 0. The Morgan fingerprint density at radius 3 is 1.04 bits per heavy atom. The van der Waals surface area contributed by atoms with Gasteiger partial charge in [0.15, 0.2) is 0 Å². The predicted molar refractivity (Wildman–Crippen MR) is 99.0 cm³/mol. The van der Waals surface area contributed by atoms with Crippen LogP contribution in [0.4, 0.5) is 0 Å². The molecule has 118 valence electrons. The number of hydrazone groups is 2. The normalized spacial score (nSPS) is 12.2. The number of nitrogens with two attached hydrogens (primary N) is 2. The zero-order chi connectivity index (χ0) is 16.8. The summed E-state index contributed by atoms with van der Waals surface area (Å²) < 4.78 is 0. The maximum atomic E-state index is 5.60. The molecule has 0 amide bonds. The van der Waals surface area contributed by atoms with E-state index in [1.165, 1.54) is 0 Å². The Morgan fingerprint density at radius 2 is 0.750 bits per heavy atom. The Kier molecular flexibility index (Phi) is 4.68. The summed E-state index contributed by atoms with van der Waals surface area (Å²) in [5, 5.41) is 7.89. The highest BCUT2D eigenvalue weighted by Crippen LogP contribution is 2.15. The summed E-state index contributed by atoms with van der Waals surface area (Å²) in [5.41, 5.74) is 5.32. The van der Waals surface area contributed by atoms with Gasteiger partial charge in [-0.05, 0) is 0 Å². The number of nitrogens with zero attached hydrogens (tertiary/aromatic N) is 2. The number of hydrogen-bond donors (Lipinski definition) is 2. The summed E-state index contributed by atoms with van der Waals surface area (Å²) in [5.74, 6) is 11.2. The number of benzene rings is 3. The maximum Gasteiger partial charge on any atom is 0.0971 e. The van der Waals surface area contributed by atoms with Crippen LogP contribution in [0.3, 0.4) is 0 Å². The lowest BCUT2D eigenvalue weighted by Gasteiger charge is -2.09. The van der Waals surface area contributed by atoms with Crippen molar-refractivity contribution in [3.63, 3.8) is 0 Å². The van der Waals surface area contributed by atoms with E-state index >= 15 is 0 Å². The first-order chi connectivity index (χ1) is 11.8. The van der Waals surface area contributed by atoms with E-state index in [0.29, 0.717) is 0 Å². The van der Waals surface area contributed by atoms with Crippen molar-refractivity contribution in [3.05, 3.63) is 107 Å². The van der Waals surface area contributed by atoms with Gasteiger partial charge in [-0.25, -0.2) is 0 Å². The first-order valence-electron chi connectivity index (χ1n) is 7.61. The lowest BCUT2D eigenvalue weighted by Crippen LogP contribution is -2.09. The molecule has 4 heteroatoms. The molecule has 3 rings (SSSR count). The minimum Gasteiger partial charge on any atom is -0.323 e. The van der Waals surface area contributed by atoms with Crippen LogP contribution in [0.25, 0.3) is 0 Å². The monoisotopic (exact) mass is 314 g/mol. The summed E-state index contributed by atoms with van der Waals surface area (Å²) in [4.78, 5) is 0. The smallest absolute Gasteiger partial charge is 0.0971 e. The lowest BCUT2D eigenvalue weighted by molar-refractivity contribution is 1.24. The minimum atomic E-state index is 0.744. The zero-order valence-corrected chi connectivity index (χ0v) is 13.1. The fourth-order valence-corrected chi connectivity index (χ4v) is 2.61. The van der Waals surface area contributed by atoms with Crippen LogP contribution in [-0.2, 0) is 0 Å². The van der Waals surface area contributed by atoms with Gasteiger partial charge in [-0.3, -0.25) is 0 Å². The molecule has 0 saturated heterocycles. The van der Waals surface area contributed by atoms with Crippen LogP contribution in [0.1, 0.15) is 22.3 Å². The summed E-state index contributed by atoms with van der Waals surface area (Å²) in [7, 11) is 0. The number of hydrogen-bond acceptors (Lipinski definition) is 4. The van der Waals surface area contributed by atoms with Gasteiger partial charge in [-0.1, -0.05) is 84.9 Å². The Bertz CT molecular complexity index is 777. The molecule has 0 aromatic heterocycles. The lowest BCUT2D eigenvalue weighted by atomic mass is 9.97. The second kappa shape index (κ2) is 7.24. The summed E-state index contributed by atoms with van der Waals surface area (Å²) in [6.07, 6.45) is 0. The van der Waals surface area contributed by atoms with Crippen LogP contribution in [0, 0.1) is 0 Å². The van der Waals surface area contributed by atoms with Crippen LogP contribution in [0.15, 0.2) is 95.1 Å². The van der Waals surface area contributed by atoms with Crippen LogP contribution in [0.5, 0.6) is 0 Å². The van der Waals surface area contributed by atoms with Gasteiger partial charge >= 0.3 is 0 Å². The third-order valence-electron chi connectivity index (χ3n) is 3.78. The van der Waals surface area contributed by atoms with Crippen LogP contribution >= 0.6 is 0 Å². The average Bonchev–Trinajstić information content (AvgIpc) is 2.66. The SMILES string of the molecule is N/N=C(/c1ccccc1)c1ccc(/C(=N/N)c2ccccc2)cc1. The predicted octanol–water partition coefficient (Wildman–Crippen LogP) is 3.11. The molecule has 3 aromatic rings. The van der Waals surface area contributed by atoms with Crippen molar-refractivity contribution in [1.82, 2.24) is 0 Å². The zero-order valence-electron chi connectivity index (χ0n) is 13.1. The highest BCUT2D eigenvalue weighted by molar-refractivity contribution is 6.15. The topological polar surface area (TPSA) is 76.8 Å². The van der Waals surface area contributed by atoms with E-state index in [1.807, 2.05) is 84.9 Å². The van der Waals surface area contributed by atoms with Gasteiger partial charge in [0, 0.05) is 22.3 Å². The molecule has 0 spiro atoms. The molecule has 0 radical (unpaired) electrons. The molecule has 24 heavy (non-hydrogen) atoms. The molecular formula is C20H18N4. The van der Waals surface area contributed by atoms with Gasteiger partial charge in [0.05, 0.1) is 11.4 Å². The van der Waals surface area contributed by atoms with Gasteiger partial charge in [-0.15, -0.1) is 0 Å². The van der Waals surface area contributed by atoms with E-state index < -0.39 is 0 Å². The van der Waals surface area contributed by atoms with E-state index in [2.05, 4.69) is 10.2 Å². The molecule has 0 bridgehead atoms. The number of rotatable bonds is 4. The third kappa shape index (κ3) is 3.17. The molecular weight excluding hydrogens is 296 g/mol. The molecule has 0 heterocycles. The van der Waals surface area contributed by atoms with E-state index in [-0.39, 0.29) is 0 Å². The fraction of sp³-hybridized carbons (Fsp3) is 0. The summed E-state index contributed by atoms with van der Waals surface area (Å²) in [6, 6.07) is 27.6. The quantitative estimate of drug-likeness (QED) is 0.441. The fourth-order valence-electron chi connectivity index (χ4n) is 2.61. The Labute approximate surface area is 141 Å². The Balaban J connectivity index is 1.93. The molecule has 0 aliphatic heterocycles. The van der Waals surface area contributed by atoms with Gasteiger partial charge in [0.1, 0.15) is 0 Å². The first-order valence-corrected chi connectivity index (χ1v) is 7.61. The van der Waals surface area contributed by atoms with Gasteiger partial charge in [0.25, 0.3) is 0 Å². The largest absolute Gasteiger partial charge is 0.323 e. The van der Waals surface area contributed by atoms with Crippen molar-refractivity contribution in [2.24, 2.45) is 21.9 Å². The molecule has 4 nitrogen and oxygen atoms in total. The van der Waals surface area contributed by atoms with Crippen LogP contribution < -0.4 is 11.7 Å². The van der Waals surface area contributed by atoms with E-state index in [0.717, 1.165) is 33.7 Å². The summed E-state index contributed by atoms with van der Waals surface area (Å²) in [6.45, 7) is 0. The standard InChI is InChI=1S/C20H18N4/c21-23-19(15-7-3-1-4-8-15)17-11-13-18(14-12-17)20(24-22)16-9-5-2-6-10-16/h1-14H,21-22H2/b23-19-,24-20+. The molecule has 0 saturated carbocycles. The van der Waals surface area contributed by atoms with Crippen molar-refractivity contribution in [2.45, 2.75) is 0 Å². The molecule has 4 N–H and O–H groups in total. The van der Waals surface area contributed by atoms with Gasteiger partial charge < -0.3 is 11.7 Å². The van der Waals surface area contributed by atoms with Gasteiger partial charge in [-0.2, -0.15) is 10.2 Å². The first kappa shape index (κ1) is 15.5. The van der Waals surface area contributed by atoms with Crippen LogP contribution in [-0.4, -0.2) is 11.4 Å². The Hall–Kier alpha value is -3.40. The minimum absolute atomic E-state index is 0.744. The van der Waals surface area contributed by atoms with E-state index in [9.17, 15) is 0 Å². The van der Waals surface area contributed by atoms with Crippen molar-refractivity contribution in [1.29, 1.82) is 0 Å². The average molecular weight is 314 g/mol. The van der Waals surface area contributed by atoms with Crippen molar-refractivity contribution in [2.75, 3.05) is 0 Å². The van der Waals surface area contributed by atoms with Gasteiger partial charge in [0.2, 0.25) is 0 Å². The third-order valence-corrected chi connectivity index (χ3v) is 3.78. The highest BCUT2D eigenvalue weighted by Gasteiger charge is 2.10. The molecule has 0 atom stereocenters. The second-order valence-corrected chi connectivity index (χ2v) is 5.26. The Morgan fingerprint density at radius 1 is 0.458 bits per heavy atom. The molecule has 3 aromatic carbocycles. The van der Waals surface area contributed by atoms with Crippen molar-refractivity contribution < 1.29 is 0 Å². The molecule has 0 aliphatic carbocycles. The van der Waals surface area contributed by atoms with Crippen molar-refractivity contribution >= 4 is 11.4 Å². The van der Waals surface area contributed by atoms with Crippen molar-refractivity contribution in [3.8, 4) is 0 Å². The molecule has 0 fully saturated rings. The molecule has 0 unspecified atom stereocenters. The molecule has 0 aliphatic rings. The maximum absolute atomic E-state index is 5.60. The van der Waals surface area contributed by atoms with E-state index in [1.54, 1.807) is 0 Å². The van der Waals surface area contributed by atoms with Crippen LogP contribution in [0.2, 0.25) is 0 Å². The highest BCUT2D eigenvalue weighted by atomic mass is 15.1. The second-order valence-electron chi connectivity index (χ2n) is 5.26.